The number of rotatable bonds is 5. The molecule has 9 heteroatoms. The highest BCUT2D eigenvalue weighted by molar-refractivity contribution is 6.00. The molecule has 1 aromatic carbocycles. The molecule has 0 spiro atoms. The zero-order valence-electron chi connectivity index (χ0n) is 16.3. The number of anilines is 1. The molecule has 0 radical (unpaired) electrons. The van der Waals surface area contributed by atoms with E-state index in [0.717, 1.165) is 6.08 Å². The van der Waals surface area contributed by atoms with Crippen molar-refractivity contribution in [2.24, 2.45) is 0 Å². The molecule has 1 aliphatic rings. The highest BCUT2D eigenvalue weighted by Crippen LogP contribution is 2.37. The van der Waals surface area contributed by atoms with Crippen LogP contribution in [0.15, 0.2) is 36.7 Å². The Labute approximate surface area is 170 Å². The number of hydrogen-bond donors (Lipinski definition) is 2. The molecule has 2 aromatic rings. The number of allylic oxidation sites excluding steroid dienone is 1. The monoisotopic (exact) mass is 427 g/mol. The van der Waals surface area contributed by atoms with Crippen molar-refractivity contribution < 1.29 is 27.1 Å². The van der Waals surface area contributed by atoms with E-state index in [2.05, 4.69) is 16.9 Å². The third-order valence-electron chi connectivity index (χ3n) is 5.06. The maximum Gasteiger partial charge on any atom is 0.417 e. The summed E-state index contributed by atoms with van der Waals surface area (Å²) in [7, 11) is 1.82. The van der Waals surface area contributed by atoms with E-state index in [1.165, 1.54) is 12.1 Å². The third-order valence-corrected chi connectivity index (χ3v) is 5.06. The molecule has 3 rings (SSSR count). The van der Waals surface area contributed by atoms with Crippen LogP contribution in [0.4, 0.5) is 27.6 Å². The molecule has 1 saturated heterocycles. The van der Waals surface area contributed by atoms with E-state index in [-0.39, 0.29) is 17.6 Å². The highest BCUT2D eigenvalue weighted by Gasteiger charge is 2.35. The first-order valence-corrected chi connectivity index (χ1v) is 9.36. The first-order chi connectivity index (χ1) is 14.1. The number of alkyl halides is 4. The predicted octanol–water partition coefficient (Wildman–Crippen LogP) is 4.57. The van der Waals surface area contributed by atoms with Crippen LogP contribution in [0.5, 0.6) is 0 Å². The van der Waals surface area contributed by atoms with Gasteiger partial charge in [0.2, 0.25) is 0 Å². The number of pyridine rings is 1. The second-order valence-electron chi connectivity index (χ2n) is 7.34. The van der Waals surface area contributed by atoms with Crippen molar-refractivity contribution >= 4 is 28.1 Å². The number of nitrogens with one attached hydrogen (secondary N) is 1. The van der Waals surface area contributed by atoms with Crippen LogP contribution in [0.25, 0.3) is 22.4 Å². The molecule has 2 atom stereocenters. The van der Waals surface area contributed by atoms with Crippen molar-refractivity contribution in [1.82, 2.24) is 9.88 Å². The Bertz CT molecular complexity index is 973. The Morgan fingerprint density at radius 1 is 1.37 bits per heavy atom. The van der Waals surface area contributed by atoms with Crippen LogP contribution in [0.1, 0.15) is 17.8 Å². The third kappa shape index (κ3) is 4.79. The lowest BCUT2D eigenvalue weighted by Crippen LogP contribution is -2.46. The van der Waals surface area contributed by atoms with Crippen LogP contribution >= 0.6 is 0 Å². The first kappa shape index (κ1) is 22.2. The number of benzene rings is 1. The number of halogens is 5. The Kier molecular flexibility index (Phi) is 6.42. The number of hydrogen-bond acceptors (Lipinski definition) is 4. The van der Waals surface area contributed by atoms with Crippen LogP contribution in [0, 0.1) is 0 Å². The van der Waals surface area contributed by atoms with Gasteiger partial charge >= 0.3 is 6.18 Å². The Morgan fingerprint density at radius 2 is 2.10 bits per heavy atom. The van der Waals surface area contributed by atoms with Gasteiger partial charge in [-0.1, -0.05) is 18.7 Å². The van der Waals surface area contributed by atoms with E-state index in [1.54, 1.807) is 12.1 Å². The molecule has 1 fully saturated rings. The summed E-state index contributed by atoms with van der Waals surface area (Å²) in [6, 6.07) is 5.52. The van der Waals surface area contributed by atoms with Gasteiger partial charge in [0.15, 0.2) is 0 Å². The molecule has 1 aromatic heterocycles. The van der Waals surface area contributed by atoms with E-state index in [1.807, 2.05) is 11.9 Å². The van der Waals surface area contributed by atoms with Crippen LogP contribution in [-0.2, 0) is 0 Å². The summed E-state index contributed by atoms with van der Waals surface area (Å²) in [6.45, 7) is 3.13. The fraction of sp³-hybridized carbons (Fsp3) is 0.381. The molecule has 30 heavy (non-hydrogen) atoms. The van der Waals surface area contributed by atoms with E-state index >= 15 is 0 Å². The molecule has 1 aliphatic heterocycles. The summed E-state index contributed by atoms with van der Waals surface area (Å²) < 4.78 is 68.1. The maximum atomic E-state index is 14.5. The predicted molar refractivity (Wildman–Crippen MR) is 107 cm³/mol. The summed E-state index contributed by atoms with van der Waals surface area (Å²) in [5.74, 6) is -0.949. The minimum Gasteiger partial charge on any atom is -0.389 e. The minimum absolute atomic E-state index is 0.108. The van der Waals surface area contributed by atoms with Gasteiger partial charge in [-0.15, -0.1) is 0 Å². The molecule has 2 heterocycles. The number of aromatic nitrogens is 1. The number of piperidine rings is 1. The fourth-order valence-corrected chi connectivity index (χ4v) is 3.49. The number of aliphatic hydroxyl groups excluding tert-OH is 1. The molecule has 0 bridgehead atoms. The van der Waals surface area contributed by atoms with Crippen molar-refractivity contribution in [1.29, 1.82) is 0 Å². The van der Waals surface area contributed by atoms with Gasteiger partial charge in [0.05, 0.1) is 29.6 Å². The summed E-state index contributed by atoms with van der Waals surface area (Å²) >= 11 is 0. The van der Waals surface area contributed by atoms with E-state index in [4.69, 9.17) is 5.11 Å². The number of likely N-dealkylation sites (tertiary alicyclic amines) is 1. The highest BCUT2D eigenvalue weighted by atomic mass is 19.4. The van der Waals surface area contributed by atoms with Gasteiger partial charge in [0.1, 0.15) is 12.0 Å². The van der Waals surface area contributed by atoms with Crippen LogP contribution in [0.3, 0.4) is 0 Å². The Morgan fingerprint density at radius 3 is 2.73 bits per heavy atom. The van der Waals surface area contributed by atoms with Crippen molar-refractivity contribution in [3.05, 3.63) is 48.1 Å². The lowest BCUT2D eigenvalue weighted by atomic mass is 9.99. The van der Waals surface area contributed by atoms with Gasteiger partial charge in [0, 0.05) is 29.5 Å². The van der Waals surface area contributed by atoms with Crippen molar-refractivity contribution in [2.45, 2.75) is 24.8 Å². The lowest BCUT2D eigenvalue weighted by molar-refractivity contribution is -0.0688. The molecular formula is C21H22F5N3O. The zero-order valence-corrected chi connectivity index (χ0v) is 16.3. The second-order valence-corrected chi connectivity index (χ2v) is 7.34. The largest absolute Gasteiger partial charge is 0.417 e. The molecular weight excluding hydrogens is 405 g/mol. The van der Waals surface area contributed by atoms with Gasteiger partial charge in [-0.3, -0.25) is 0 Å². The molecule has 0 unspecified atom stereocenters. The first-order valence-electron chi connectivity index (χ1n) is 9.36. The van der Waals surface area contributed by atoms with Crippen molar-refractivity contribution in [2.75, 3.05) is 32.1 Å². The average Bonchev–Trinajstić information content (AvgIpc) is 2.68. The van der Waals surface area contributed by atoms with E-state index in [0.29, 0.717) is 24.0 Å². The SMILES string of the molecule is C=C(c1nc(/C=C(\F)CO)cc2c(N[C@@H]3CCN(C)C[C@@H]3F)cccc12)C(F)(F)F. The van der Waals surface area contributed by atoms with E-state index in [9.17, 15) is 22.0 Å². The summed E-state index contributed by atoms with van der Waals surface area (Å²) in [5.41, 5.74) is -1.31. The number of fused-ring (bicyclic) bond motifs is 1. The minimum atomic E-state index is -4.74. The summed E-state index contributed by atoms with van der Waals surface area (Å²) in [5, 5.41) is 12.5. The maximum absolute atomic E-state index is 14.5. The van der Waals surface area contributed by atoms with Crippen molar-refractivity contribution in [3.8, 4) is 0 Å². The quantitative estimate of drug-likeness (QED) is 0.687. The summed E-state index contributed by atoms with van der Waals surface area (Å²) in [6.07, 6.45) is -4.51. The normalized spacial score (nSPS) is 21.1. The molecule has 4 nitrogen and oxygen atoms in total. The molecule has 0 amide bonds. The topological polar surface area (TPSA) is 48.4 Å². The Balaban J connectivity index is 2.13. The standard InChI is InChI=1S/C21H22F5N3O/c1-12(21(24,25)26)20-15-4-3-5-18(28-19-6-7-29(2)10-17(19)23)16(15)9-14(27-20)8-13(22)11-30/h3-5,8-9,17,19,28,30H,1,6-7,10-11H2,2H3/b13-8-/t17-,19+/m0/s1. The van der Waals surface area contributed by atoms with Crippen LogP contribution in [-0.4, -0.2) is 60.1 Å². The molecule has 0 saturated carbocycles. The fourth-order valence-electron chi connectivity index (χ4n) is 3.49. The van der Waals surface area contributed by atoms with Gasteiger partial charge in [-0.2, -0.15) is 13.2 Å². The van der Waals surface area contributed by atoms with Crippen LogP contribution in [0.2, 0.25) is 0 Å². The van der Waals surface area contributed by atoms with Gasteiger partial charge in [-0.25, -0.2) is 13.8 Å². The summed E-state index contributed by atoms with van der Waals surface area (Å²) in [4.78, 5) is 5.78. The number of aliphatic hydroxyl groups is 1. The Hall–Kier alpha value is -2.52. The molecule has 162 valence electrons. The molecule has 2 N–H and O–H groups in total. The van der Waals surface area contributed by atoms with Crippen LogP contribution < -0.4 is 5.32 Å². The number of nitrogens with zero attached hydrogens (tertiary/aromatic N) is 2. The van der Waals surface area contributed by atoms with Gasteiger partial charge in [-0.05, 0) is 31.7 Å². The zero-order chi connectivity index (χ0) is 22.1. The smallest absolute Gasteiger partial charge is 0.389 e. The van der Waals surface area contributed by atoms with Crippen molar-refractivity contribution in [3.63, 3.8) is 0 Å². The lowest BCUT2D eigenvalue weighted by Gasteiger charge is -2.33. The van der Waals surface area contributed by atoms with E-state index < -0.39 is 42.1 Å². The van der Waals surface area contributed by atoms with Gasteiger partial charge in [0.25, 0.3) is 0 Å². The average molecular weight is 427 g/mol. The second kappa shape index (κ2) is 8.69. The molecule has 0 aliphatic carbocycles. The van der Waals surface area contributed by atoms with Gasteiger partial charge < -0.3 is 15.3 Å².